The summed E-state index contributed by atoms with van der Waals surface area (Å²) >= 11 is 0. The van der Waals surface area contributed by atoms with Gasteiger partial charge in [-0.25, -0.2) is 9.97 Å². The first-order valence-electron chi connectivity index (χ1n) is 7.80. The first kappa shape index (κ1) is 13.8. The van der Waals surface area contributed by atoms with Crippen molar-refractivity contribution in [1.82, 2.24) is 19.8 Å². The van der Waals surface area contributed by atoms with Crippen LogP contribution in [0.25, 0.3) is 0 Å². The Hall–Kier alpha value is -1.20. The maximum absolute atomic E-state index is 4.86. The van der Waals surface area contributed by atoms with Crippen molar-refractivity contribution in [2.45, 2.75) is 33.2 Å². The summed E-state index contributed by atoms with van der Waals surface area (Å²) in [5.74, 6) is 2.03. The maximum atomic E-state index is 4.86. The van der Waals surface area contributed by atoms with E-state index in [2.05, 4.69) is 35.9 Å². The monoisotopic (exact) mass is 275 g/mol. The van der Waals surface area contributed by atoms with Crippen LogP contribution in [-0.4, -0.2) is 59.0 Å². The Morgan fingerprint density at radius 3 is 2.45 bits per heavy atom. The van der Waals surface area contributed by atoms with E-state index in [0.717, 1.165) is 44.2 Å². The molecule has 0 radical (unpaired) electrons. The summed E-state index contributed by atoms with van der Waals surface area (Å²) in [6.45, 7) is 13.1. The first-order chi connectivity index (χ1) is 9.72. The molecule has 2 bridgehead atoms. The second-order valence-electron chi connectivity index (χ2n) is 5.74. The van der Waals surface area contributed by atoms with Crippen LogP contribution in [0, 0.1) is 6.92 Å². The summed E-state index contributed by atoms with van der Waals surface area (Å²) in [4.78, 5) is 14.8. The minimum Gasteiger partial charge on any atom is -0.370 e. The van der Waals surface area contributed by atoms with Crippen LogP contribution in [0.4, 0.5) is 5.82 Å². The van der Waals surface area contributed by atoms with Gasteiger partial charge in [-0.15, -0.1) is 0 Å². The first-order valence-corrected chi connectivity index (χ1v) is 7.80. The van der Waals surface area contributed by atoms with Gasteiger partial charge in [0.25, 0.3) is 0 Å². The molecule has 20 heavy (non-hydrogen) atoms. The number of piperazine rings is 3. The number of anilines is 1. The Kier molecular flexibility index (Phi) is 3.89. The number of nitrogens with one attached hydrogen (secondary N) is 1. The number of nitrogens with zero attached hydrogens (tertiary/aromatic N) is 4. The van der Waals surface area contributed by atoms with Gasteiger partial charge in [0, 0.05) is 50.5 Å². The molecule has 3 aliphatic rings. The van der Waals surface area contributed by atoms with Crippen LogP contribution in [0.1, 0.15) is 37.0 Å². The van der Waals surface area contributed by atoms with Gasteiger partial charge in [-0.3, -0.25) is 9.80 Å². The van der Waals surface area contributed by atoms with Crippen molar-refractivity contribution in [2.75, 3.05) is 44.6 Å². The third-order valence-electron chi connectivity index (χ3n) is 4.52. The highest BCUT2D eigenvalue weighted by molar-refractivity contribution is 5.46. The summed E-state index contributed by atoms with van der Waals surface area (Å²) in [5.41, 5.74) is 2.39. The minimum absolute atomic E-state index is 0.376. The van der Waals surface area contributed by atoms with Crippen molar-refractivity contribution in [1.29, 1.82) is 0 Å². The Morgan fingerprint density at radius 1 is 1.15 bits per heavy atom. The normalized spacial score (nSPS) is 28.6. The number of fused-ring (bicyclic) bond motifs is 3. The number of rotatable bonds is 4. The lowest BCUT2D eigenvalue weighted by atomic mass is 10.1. The highest BCUT2D eigenvalue weighted by atomic mass is 15.4. The van der Waals surface area contributed by atoms with Gasteiger partial charge in [-0.1, -0.05) is 6.92 Å². The predicted molar refractivity (Wildman–Crippen MR) is 81.1 cm³/mol. The molecule has 5 heteroatoms. The van der Waals surface area contributed by atoms with E-state index in [-0.39, 0.29) is 0 Å². The molecule has 5 nitrogen and oxygen atoms in total. The fourth-order valence-electron chi connectivity index (χ4n) is 3.28. The molecule has 1 atom stereocenters. The van der Waals surface area contributed by atoms with Crippen LogP contribution < -0.4 is 5.32 Å². The summed E-state index contributed by atoms with van der Waals surface area (Å²) in [5, 5.41) is 3.39. The zero-order valence-electron chi connectivity index (χ0n) is 12.8. The topological polar surface area (TPSA) is 44.3 Å². The molecule has 3 saturated heterocycles. The summed E-state index contributed by atoms with van der Waals surface area (Å²) in [6, 6.07) is 0.376. The van der Waals surface area contributed by atoms with Crippen molar-refractivity contribution in [3.05, 3.63) is 17.1 Å². The molecular formula is C15H25N5. The van der Waals surface area contributed by atoms with Crippen molar-refractivity contribution in [3.8, 4) is 0 Å². The van der Waals surface area contributed by atoms with Crippen LogP contribution in [0.3, 0.4) is 0 Å². The summed E-state index contributed by atoms with van der Waals surface area (Å²) in [7, 11) is 0. The van der Waals surface area contributed by atoms with Gasteiger partial charge in [-0.2, -0.15) is 0 Å². The maximum Gasteiger partial charge on any atom is 0.149 e. The molecule has 3 fully saturated rings. The fourth-order valence-corrected chi connectivity index (χ4v) is 3.28. The molecule has 1 aromatic rings. The highest BCUT2D eigenvalue weighted by Crippen LogP contribution is 2.28. The van der Waals surface area contributed by atoms with Crippen molar-refractivity contribution in [3.63, 3.8) is 0 Å². The largest absolute Gasteiger partial charge is 0.370 e. The van der Waals surface area contributed by atoms with E-state index in [1.165, 1.54) is 24.3 Å². The lowest BCUT2D eigenvalue weighted by molar-refractivity contribution is 0.00861. The van der Waals surface area contributed by atoms with Crippen LogP contribution in [-0.2, 0) is 6.42 Å². The van der Waals surface area contributed by atoms with E-state index in [1.54, 1.807) is 0 Å². The van der Waals surface area contributed by atoms with E-state index < -0.39 is 0 Å². The quantitative estimate of drug-likeness (QED) is 0.901. The Balaban J connectivity index is 1.94. The molecule has 4 rings (SSSR count). The van der Waals surface area contributed by atoms with Gasteiger partial charge < -0.3 is 5.32 Å². The van der Waals surface area contributed by atoms with Crippen molar-refractivity contribution in [2.24, 2.45) is 0 Å². The number of aromatic nitrogens is 2. The second kappa shape index (κ2) is 5.66. The molecule has 0 spiro atoms. The summed E-state index contributed by atoms with van der Waals surface area (Å²) in [6.07, 6.45) is 0.968. The molecule has 110 valence electrons. The van der Waals surface area contributed by atoms with E-state index in [1.807, 2.05) is 0 Å². The van der Waals surface area contributed by atoms with E-state index >= 15 is 0 Å². The Labute approximate surface area is 121 Å². The molecule has 3 aliphatic heterocycles. The van der Waals surface area contributed by atoms with Gasteiger partial charge in [-0.05, 0) is 20.3 Å². The van der Waals surface area contributed by atoms with Gasteiger partial charge in [0.15, 0.2) is 0 Å². The molecular weight excluding hydrogens is 250 g/mol. The fraction of sp³-hybridized carbons (Fsp3) is 0.733. The average molecular weight is 275 g/mol. The zero-order valence-corrected chi connectivity index (χ0v) is 12.8. The van der Waals surface area contributed by atoms with Gasteiger partial charge in [0.05, 0.1) is 6.04 Å². The smallest absolute Gasteiger partial charge is 0.149 e. The van der Waals surface area contributed by atoms with Crippen LogP contribution in [0.2, 0.25) is 0 Å². The van der Waals surface area contributed by atoms with E-state index in [0.29, 0.717) is 6.04 Å². The number of hydrogen-bond acceptors (Lipinski definition) is 5. The highest BCUT2D eigenvalue weighted by Gasteiger charge is 2.34. The molecule has 0 aliphatic carbocycles. The lowest BCUT2D eigenvalue weighted by Gasteiger charge is -2.46. The Morgan fingerprint density at radius 2 is 1.90 bits per heavy atom. The predicted octanol–water partition coefficient (Wildman–Crippen LogP) is 1.45. The molecule has 1 aromatic heterocycles. The molecule has 4 heterocycles. The molecule has 1 unspecified atom stereocenters. The van der Waals surface area contributed by atoms with E-state index in [4.69, 9.17) is 9.97 Å². The zero-order chi connectivity index (χ0) is 14.1. The van der Waals surface area contributed by atoms with Crippen LogP contribution in [0.5, 0.6) is 0 Å². The number of hydrogen-bond donors (Lipinski definition) is 1. The third kappa shape index (κ3) is 2.40. The third-order valence-corrected chi connectivity index (χ3v) is 4.52. The second-order valence-corrected chi connectivity index (χ2v) is 5.74. The SMILES string of the molecule is CCNc1nc(C2CN3CCN2CC3)nc(CC)c1C. The molecule has 0 saturated carbocycles. The summed E-state index contributed by atoms with van der Waals surface area (Å²) < 4.78 is 0. The van der Waals surface area contributed by atoms with Crippen molar-refractivity contribution < 1.29 is 0 Å². The van der Waals surface area contributed by atoms with E-state index in [9.17, 15) is 0 Å². The van der Waals surface area contributed by atoms with Crippen molar-refractivity contribution >= 4 is 5.82 Å². The van der Waals surface area contributed by atoms with Gasteiger partial charge in [0.1, 0.15) is 11.6 Å². The average Bonchev–Trinajstić information content (AvgIpc) is 2.50. The standard InChI is InChI=1S/C15H25N5/c1-4-12-11(3)14(16-5-2)18-15(17-12)13-10-19-6-8-20(13)9-7-19/h13H,4-10H2,1-3H3,(H,16,17,18). The molecule has 0 amide bonds. The van der Waals surface area contributed by atoms with Crippen LogP contribution >= 0.6 is 0 Å². The minimum atomic E-state index is 0.376. The molecule has 1 N–H and O–H groups in total. The number of aryl methyl sites for hydroxylation is 1. The molecule has 0 aromatic carbocycles. The van der Waals surface area contributed by atoms with Crippen LogP contribution in [0.15, 0.2) is 0 Å². The lowest BCUT2D eigenvalue weighted by Crippen LogP contribution is -2.57. The van der Waals surface area contributed by atoms with Gasteiger partial charge >= 0.3 is 0 Å². The Bertz CT molecular complexity index is 479. The van der Waals surface area contributed by atoms with Gasteiger partial charge in [0.2, 0.25) is 0 Å².